The van der Waals surface area contributed by atoms with E-state index in [1.807, 2.05) is 42.5 Å². The molecule has 1 heterocycles. The molecule has 3 rings (SSSR count). The molecule has 0 spiro atoms. The van der Waals surface area contributed by atoms with E-state index >= 15 is 0 Å². The lowest BCUT2D eigenvalue weighted by Gasteiger charge is -2.16. The molecule has 40 heavy (non-hydrogen) atoms. The van der Waals surface area contributed by atoms with Gasteiger partial charge in [0.15, 0.2) is 18.1 Å². The van der Waals surface area contributed by atoms with Crippen molar-refractivity contribution in [2.75, 3.05) is 31.5 Å². The maximum Gasteiger partial charge on any atom is 0.262 e. The Labute approximate surface area is 245 Å². The summed E-state index contributed by atoms with van der Waals surface area (Å²) in [6.07, 6.45) is 17.7. The first-order valence-electron chi connectivity index (χ1n) is 15.0. The molecule has 0 atom stereocenters. The Morgan fingerprint density at radius 2 is 1.50 bits per heavy atom. The van der Waals surface area contributed by atoms with Gasteiger partial charge >= 0.3 is 0 Å². The fourth-order valence-corrected chi connectivity index (χ4v) is 5.42. The second-order valence-electron chi connectivity index (χ2n) is 10.4. The predicted octanol–water partition coefficient (Wildman–Crippen LogP) is 8.77. The molecule has 0 aromatic heterocycles. The number of thioether (sulfide) groups is 1. The van der Waals surface area contributed by atoms with Crippen molar-refractivity contribution in [3.05, 3.63) is 59.6 Å². The van der Waals surface area contributed by atoms with Crippen molar-refractivity contribution in [3.8, 4) is 17.2 Å². The number of nitrogens with one attached hydrogen (secondary N) is 1. The molecule has 0 unspecified atom stereocenters. The van der Waals surface area contributed by atoms with E-state index in [1.54, 1.807) is 18.9 Å². The number of benzene rings is 2. The van der Waals surface area contributed by atoms with Crippen LogP contribution in [0, 0.1) is 0 Å². The number of carbonyl (C=O) groups excluding carboxylic acids is 1. The maximum absolute atomic E-state index is 12.6. The Morgan fingerprint density at radius 1 is 0.850 bits per heavy atom. The molecule has 0 fully saturated rings. The van der Waals surface area contributed by atoms with E-state index in [1.165, 1.54) is 69.8 Å². The first-order chi connectivity index (χ1) is 19.7. The summed E-state index contributed by atoms with van der Waals surface area (Å²) in [5.74, 6) is 2.44. The van der Waals surface area contributed by atoms with Gasteiger partial charge in [-0.15, -0.1) is 11.8 Å². The summed E-state index contributed by atoms with van der Waals surface area (Å²) >= 11 is 1.79. The van der Waals surface area contributed by atoms with Crippen molar-refractivity contribution in [2.24, 2.45) is 0 Å². The fraction of sp³-hybridized carbons (Fsp3) is 0.545. The molecule has 1 aliphatic heterocycles. The Morgan fingerprint density at radius 3 is 2.12 bits per heavy atom. The van der Waals surface area contributed by atoms with Crippen LogP contribution in [-0.4, -0.2) is 37.0 Å². The summed E-state index contributed by atoms with van der Waals surface area (Å²) in [5.41, 5.74) is 1.95. The molecule has 6 nitrogen and oxygen atoms in total. The third kappa shape index (κ3) is 12.2. The second kappa shape index (κ2) is 19.3. The molecule has 0 bridgehead atoms. The Bertz CT molecular complexity index is 1010. The van der Waals surface area contributed by atoms with Crippen LogP contribution < -0.4 is 19.5 Å². The zero-order chi connectivity index (χ0) is 28.3. The van der Waals surface area contributed by atoms with Gasteiger partial charge in [0.2, 0.25) is 5.75 Å². The smallest absolute Gasteiger partial charge is 0.262 e. The first-order valence-corrected chi connectivity index (χ1v) is 16.1. The number of rotatable bonds is 21. The molecular formula is C33H48N2O4S. The molecule has 0 saturated heterocycles. The second-order valence-corrected chi connectivity index (χ2v) is 11.3. The molecule has 220 valence electrons. The molecule has 1 N–H and O–H groups in total. The SMILES string of the molecule is CCCCCCCCCCCCCCOc1c(OC)cccc1OCC(=O)Nc1ccc(CN2C=CSC2)cc1. The zero-order valence-corrected chi connectivity index (χ0v) is 25.3. The molecular weight excluding hydrogens is 520 g/mol. The zero-order valence-electron chi connectivity index (χ0n) is 24.5. The van der Waals surface area contributed by atoms with E-state index in [0.717, 1.165) is 31.0 Å². The van der Waals surface area contributed by atoms with E-state index in [4.69, 9.17) is 14.2 Å². The third-order valence-electron chi connectivity index (χ3n) is 7.00. The van der Waals surface area contributed by atoms with Crippen LogP contribution in [-0.2, 0) is 11.3 Å². The number of carbonyl (C=O) groups is 1. The maximum atomic E-state index is 12.6. The highest BCUT2D eigenvalue weighted by Gasteiger charge is 2.14. The lowest BCUT2D eigenvalue weighted by atomic mass is 10.1. The lowest BCUT2D eigenvalue weighted by Crippen LogP contribution is -2.20. The summed E-state index contributed by atoms with van der Waals surface area (Å²) in [5, 5.41) is 5.01. The molecule has 7 heteroatoms. The van der Waals surface area contributed by atoms with Crippen LogP contribution in [0.2, 0.25) is 0 Å². The van der Waals surface area contributed by atoms with Crippen LogP contribution in [0.4, 0.5) is 5.69 Å². The number of nitrogens with zero attached hydrogens (tertiary/aromatic N) is 1. The van der Waals surface area contributed by atoms with Crippen molar-refractivity contribution in [1.82, 2.24) is 4.90 Å². The number of ether oxygens (including phenoxy) is 3. The minimum absolute atomic E-state index is 0.111. The number of methoxy groups -OCH3 is 1. The monoisotopic (exact) mass is 568 g/mol. The van der Waals surface area contributed by atoms with Gasteiger partial charge in [0.1, 0.15) is 0 Å². The number of anilines is 1. The molecule has 0 aliphatic carbocycles. The summed E-state index contributed by atoms with van der Waals surface area (Å²) in [6, 6.07) is 13.4. The highest BCUT2D eigenvalue weighted by molar-refractivity contribution is 8.02. The van der Waals surface area contributed by atoms with Crippen LogP contribution in [0.3, 0.4) is 0 Å². The van der Waals surface area contributed by atoms with Gasteiger partial charge in [-0.3, -0.25) is 4.79 Å². The van der Waals surface area contributed by atoms with E-state index < -0.39 is 0 Å². The lowest BCUT2D eigenvalue weighted by molar-refractivity contribution is -0.118. The van der Waals surface area contributed by atoms with Crippen LogP contribution >= 0.6 is 11.8 Å². The topological polar surface area (TPSA) is 60.0 Å². The minimum atomic E-state index is -0.221. The van der Waals surface area contributed by atoms with E-state index in [9.17, 15) is 4.79 Å². The first kappa shape index (κ1) is 31.7. The van der Waals surface area contributed by atoms with E-state index in [2.05, 4.69) is 28.7 Å². The molecule has 1 amide bonds. The van der Waals surface area contributed by atoms with Gasteiger partial charge in [-0.05, 0) is 41.7 Å². The summed E-state index contributed by atoms with van der Waals surface area (Å²) < 4.78 is 17.4. The van der Waals surface area contributed by atoms with Gasteiger partial charge in [0, 0.05) is 18.4 Å². The predicted molar refractivity (Wildman–Crippen MR) is 167 cm³/mol. The highest BCUT2D eigenvalue weighted by Crippen LogP contribution is 2.37. The number of para-hydroxylation sites is 1. The van der Waals surface area contributed by atoms with Gasteiger partial charge < -0.3 is 24.4 Å². The van der Waals surface area contributed by atoms with Crippen LogP contribution in [0.1, 0.15) is 89.5 Å². The summed E-state index contributed by atoms with van der Waals surface area (Å²) in [6.45, 7) is 3.61. The van der Waals surface area contributed by atoms with Crippen molar-refractivity contribution >= 4 is 23.4 Å². The van der Waals surface area contributed by atoms with Gasteiger partial charge in [-0.2, -0.15) is 0 Å². The molecule has 2 aromatic carbocycles. The quantitative estimate of drug-likeness (QED) is 0.152. The van der Waals surface area contributed by atoms with Crippen LogP contribution in [0.5, 0.6) is 17.2 Å². The average Bonchev–Trinajstić information content (AvgIpc) is 3.49. The van der Waals surface area contributed by atoms with E-state index in [0.29, 0.717) is 23.9 Å². The largest absolute Gasteiger partial charge is 0.493 e. The summed E-state index contributed by atoms with van der Waals surface area (Å²) in [7, 11) is 1.62. The average molecular weight is 569 g/mol. The van der Waals surface area contributed by atoms with Gasteiger partial charge in [0.25, 0.3) is 5.91 Å². The normalized spacial score (nSPS) is 12.5. The molecule has 1 aliphatic rings. The van der Waals surface area contributed by atoms with Crippen molar-refractivity contribution < 1.29 is 19.0 Å². The minimum Gasteiger partial charge on any atom is -0.493 e. The van der Waals surface area contributed by atoms with Crippen LogP contribution in [0.15, 0.2) is 54.1 Å². The molecule has 0 saturated carbocycles. The number of hydrogen-bond donors (Lipinski definition) is 1. The fourth-order valence-electron chi connectivity index (χ4n) is 4.71. The standard InChI is InChI=1S/C33H48N2O4S/c1-3-4-5-6-7-8-9-10-11-12-13-14-23-38-33-30(37-2)16-15-17-31(33)39-26-32(36)34-29-20-18-28(19-21-29)25-35-22-24-40-27-35/h15-22,24H,3-14,23,25-27H2,1-2H3,(H,34,36). The van der Waals surface area contributed by atoms with Gasteiger partial charge in [-0.25, -0.2) is 0 Å². The van der Waals surface area contributed by atoms with E-state index in [-0.39, 0.29) is 12.5 Å². The van der Waals surface area contributed by atoms with Gasteiger partial charge in [-0.1, -0.05) is 95.8 Å². The van der Waals surface area contributed by atoms with Crippen LogP contribution in [0.25, 0.3) is 0 Å². The molecule has 0 radical (unpaired) electrons. The Kier molecular flexibility index (Phi) is 15.3. The van der Waals surface area contributed by atoms with Crippen molar-refractivity contribution in [1.29, 1.82) is 0 Å². The number of hydrogen-bond acceptors (Lipinski definition) is 6. The summed E-state index contributed by atoms with van der Waals surface area (Å²) in [4.78, 5) is 14.8. The molecule has 2 aromatic rings. The third-order valence-corrected chi connectivity index (χ3v) is 7.79. The Hall–Kier alpha value is -2.80. The Balaban J connectivity index is 1.33. The highest BCUT2D eigenvalue weighted by atomic mass is 32.2. The van der Waals surface area contributed by atoms with Gasteiger partial charge in [0.05, 0.1) is 19.6 Å². The number of unbranched alkanes of at least 4 members (excludes halogenated alkanes) is 11. The van der Waals surface area contributed by atoms with Crippen molar-refractivity contribution in [3.63, 3.8) is 0 Å². The number of amides is 1. The van der Waals surface area contributed by atoms with Crippen molar-refractivity contribution in [2.45, 2.75) is 90.5 Å².